The highest BCUT2D eigenvalue weighted by molar-refractivity contribution is 7.99. The summed E-state index contributed by atoms with van der Waals surface area (Å²) < 4.78 is 0. The van der Waals surface area contributed by atoms with Crippen molar-refractivity contribution in [3.8, 4) is 11.4 Å². The molecule has 0 fully saturated rings. The van der Waals surface area contributed by atoms with Gasteiger partial charge in [0, 0.05) is 25.7 Å². The molecule has 0 saturated carbocycles. The highest BCUT2D eigenvalue weighted by Crippen LogP contribution is 2.18. The van der Waals surface area contributed by atoms with Gasteiger partial charge in [0.1, 0.15) is 0 Å². The summed E-state index contributed by atoms with van der Waals surface area (Å²) in [6, 6.07) is 9.66. The smallest absolute Gasteiger partial charge is 0.242 e. The molecule has 0 aliphatic heterocycles. The summed E-state index contributed by atoms with van der Waals surface area (Å²) in [5, 5.41) is 7.50. The Labute approximate surface area is 151 Å². The molecule has 0 atom stereocenters. The Hall–Kier alpha value is -2.35. The van der Waals surface area contributed by atoms with Crippen LogP contribution in [0.4, 0.5) is 0 Å². The summed E-state index contributed by atoms with van der Waals surface area (Å²) in [4.78, 5) is 31.8. The topological polar surface area (TPSA) is 82.2 Å². The Morgan fingerprint density at radius 3 is 2.44 bits per heavy atom. The van der Waals surface area contributed by atoms with Crippen molar-refractivity contribution in [3.63, 3.8) is 0 Å². The van der Waals surface area contributed by atoms with Crippen LogP contribution in [-0.2, 0) is 9.59 Å². The van der Waals surface area contributed by atoms with Gasteiger partial charge in [-0.15, -0.1) is 5.10 Å². The standard InChI is InChI=1S/C17H23N5O2S/c1-4-22(5-2)14(23)11-21(3)15(24)12-25-17-18-16(19-20-17)13-9-7-6-8-10-13/h6-10H,4-5,11-12H2,1-3H3,(H,18,19,20). The fourth-order valence-electron chi connectivity index (χ4n) is 2.24. The van der Waals surface area contributed by atoms with Crippen molar-refractivity contribution in [2.75, 3.05) is 32.4 Å². The van der Waals surface area contributed by atoms with Crippen molar-refractivity contribution in [1.29, 1.82) is 0 Å². The quantitative estimate of drug-likeness (QED) is 0.726. The van der Waals surface area contributed by atoms with Crippen molar-refractivity contribution in [3.05, 3.63) is 30.3 Å². The number of carbonyl (C=O) groups is 2. The van der Waals surface area contributed by atoms with Crippen LogP contribution in [0, 0.1) is 0 Å². The number of carbonyl (C=O) groups excluding carboxylic acids is 2. The Kier molecular flexibility index (Phi) is 7.00. The molecule has 1 aromatic carbocycles. The number of hydrogen-bond donors (Lipinski definition) is 1. The number of aromatic amines is 1. The lowest BCUT2D eigenvalue weighted by atomic mass is 10.2. The summed E-state index contributed by atoms with van der Waals surface area (Å²) >= 11 is 1.25. The lowest BCUT2D eigenvalue weighted by Crippen LogP contribution is -2.41. The second-order valence-electron chi connectivity index (χ2n) is 5.44. The maximum Gasteiger partial charge on any atom is 0.242 e. The van der Waals surface area contributed by atoms with E-state index >= 15 is 0 Å². The van der Waals surface area contributed by atoms with Crippen molar-refractivity contribution in [2.45, 2.75) is 19.0 Å². The Morgan fingerprint density at radius 2 is 1.80 bits per heavy atom. The SMILES string of the molecule is CCN(CC)C(=O)CN(C)C(=O)CSc1n[nH]c(-c2ccccc2)n1. The van der Waals surface area contributed by atoms with Crippen LogP contribution in [0.2, 0.25) is 0 Å². The Bertz CT molecular complexity index is 700. The molecule has 0 spiro atoms. The van der Waals surface area contributed by atoms with Crippen LogP contribution in [-0.4, -0.2) is 69.2 Å². The first-order valence-corrected chi connectivity index (χ1v) is 9.16. The van der Waals surface area contributed by atoms with Gasteiger partial charge in [-0.2, -0.15) is 0 Å². The molecule has 1 aromatic heterocycles. The van der Waals surface area contributed by atoms with Crippen molar-refractivity contribution < 1.29 is 9.59 Å². The maximum atomic E-state index is 12.2. The maximum absolute atomic E-state index is 12.2. The van der Waals surface area contributed by atoms with Gasteiger partial charge in [0.25, 0.3) is 0 Å². The van der Waals surface area contributed by atoms with Crippen LogP contribution in [0.3, 0.4) is 0 Å². The normalized spacial score (nSPS) is 10.5. The fourth-order valence-corrected chi connectivity index (χ4v) is 2.98. The first-order chi connectivity index (χ1) is 12.0. The van der Waals surface area contributed by atoms with Gasteiger partial charge >= 0.3 is 0 Å². The zero-order valence-corrected chi connectivity index (χ0v) is 15.5. The highest BCUT2D eigenvalue weighted by atomic mass is 32.2. The average Bonchev–Trinajstić information content (AvgIpc) is 3.10. The number of nitrogens with one attached hydrogen (secondary N) is 1. The van der Waals surface area contributed by atoms with Crippen LogP contribution in [0.25, 0.3) is 11.4 Å². The molecule has 134 valence electrons. The number of rotatable bonds is 8. The van der Waals surface area contributed by atoms with E-state index in [1.807, 2.05) is 44.2 Å². The molecule has 1 N–H and O–H groups in total. The number of thioether (sulfide) groups is 1. The van der Waals surface area contributed by atoms with Crippen LogP contribution >= 0.6 is 11.8 Å². The predicted octanol–water partition coefficient (Wildman–Crippen LogP) is 1.89. The lowest BCUT2D eigenvalue weighted by molar-refractivity contribution is -0.137. The van der Waals surface area contributed by atoms with Crippen LogP contribution in [0.15, 0.2) is 35.5 Å². The largest absolute Gasteiger partial charge is 0.342 e. The Balaban J connectivity index is 1.85. The molecule has 2 aromatic rings. The van der Waals surface area contributed by atoms with E-state index in [-0.39, 0.29) is 24.1 Å². The number of likely N-dealkylation sites (N-methyl/N-ethyl adjacent to an activating group) is 2. The van der Waals surface area contributed by atoms with Crippen molar-refractivity contribution in [2.24, 2.45) is 0 Å². The molecule has 1 heterocycles. The summed E-state index contributed by atoms with van der Waals surface area (Å²) in [6.07, 6.45) is 0. The molecule has 0 radical (unpaired) electrons. The molecule has 7 nitrogen and oxygen atoms in total. The highest BCUT2D eigenvalue weighted by Gasteiger charge is 2.17. The molecule has 2 rings (SSSR count). The number of benzene rings is 1. The number of aromatic nitrogens is 3. The molecule has 25 heavy (non-hydrogen) atoms. The van der Waals surface area contributed by atoms with E-state index in [2.05, 4.69) is 15.2 Å². The van der Waals surface area contributed by atoms with Gasteiger partial charge in [0.2, 0.25) is 17.0 Å². The minimum Gasteiger partial charge on any atom is -0.342 e. The van der Waals surface area contributed by atoms with Crippen LogP contribution < -0.4 is 0 Å². The van der Waals surface area contributed by atoms with Gasteiger partial charge < -0.3 is 9.80 Å². The monoisotopic (exact) mass is 361 g/mol. The van der Waals surface area contributed by atoms with Crippen molar-refractivity contribution in [1.82, 2.24) is 25.0 Å². The minimum atomic E-state index is -0.128. The first-order valence-electron chi connectivity index (χ1n) is 8.17. The lowest BCUT2D eigenvalue weighted by Gasteiger charge is -2.23. The third-order valence-electron chi connectivity index (χ3n) is 3.75. The average molecular weight is 361 g/mol. The summed E-state index contributed by atoms with van der Waals surface area (Å²) in [7, 11) is 1.64. The fraction of sp³-hybridized carbons (Fsp3) is 0.412. The van der Waals surface area contributed by atoms with E-state index in [1.165, 1.54) is 16.7 Å². The summed E-state index contributed by atoms with van der Waals surface area (Å²) in [6.45, 7) is 5.22. The van der Waals surface area contributed by atoms with E-state index < -0.39 is 0 Å². The molecular formula is C17H23N5O2S. The zero-order valence-electron chi connectivity index (χ0n) is 14.7. The summed E-state index contributed by atoms with van der Waals surface area (Å²) in [5.74, 6) is 0.681. The minimum absolute atomic E-state index is 0.0462. The van der Waals surface area contributed by atoms with E-state index in [0.717, 1.165) is 5.56 Å². The van der Waals surface area contributed by atoms with Gasteiger partial charge in [-0.3, -0.25) is 14.7 Å². The molecule has 2 amide bonds. The molecule has 0 aliphatic rings. The summed E-state index contributed by atoms with van der Waals surface area (Å²) in [5.41, 5.74) is 0.940. The number of hydrogen-bond acceptors (Lipinski definition) is 5. The Morgan fingerprint density at radius 1 is 1.12 bits per heavy atom. The van der Waals surface area contributed by atoms with Crippen LogP contribution in [0.5, 0.6) is 0 Å². The van der Waals surface area contributed by atoms with Crippen LogP contribution in [0.1, 0.15) is 13.8 Å². The van der Waals surface area contributed by atoms with E-state index in [4.69, 9.17) is 0 Å². The molecule has 0 unspecified atom stereocenters. The van der Waals surface area contributed by atoms with Gasteiger partial charge in [0.15, 0.2) is 5.82 Å². The zero-order chi connectivity index (χ0) is 18.2. The van der Waals surface area contributed by atoms with E-state index in [9.17, 15) is 9.59 Å². The number of nitrogens with zero attached hydrogens (tertiary/aromatic N) is 4. The third-order valence-corrected chi connectivity index (χ3v) is 4.58. The second-order valence-corrected chi connectivity index (χ2v) is 6.38. The van der Waals surface area contributed by atoms with Gasteiger partial charge in [-0.05, 0) is 13.8 Å². The first kappa shape index (κ1) is 19.0. The molecular weight excluding hydrogens is 338 g/mol. The predicted molar refractivity (Wildman–Crippen MR) is 98.1 cm³/mol. The van der Waals surface area contributed by atoms with Gasteiger partial charge in [0.05, 0.1) is 12.3 Å². The van der Waals surface area contributed by atoms with E-state index in [0.29, 0.717) is 24.1 Å². The number of amides is 2. The van der Waals surface area contributed by atoms with Crippen molar-refractivity contribution >= 4 is 23.6 Å². The molecule has 0 bridgehead atoms. The van der Waals surface area contributed by atoms with Gasteiger partial charge in [-0.25, -0.2) is 4.98 Å². The molecule has 0 aliphatic carbocycles. The van der Waals surface area contributed by atoms with Gasteiger partial charge in [-0.1, -0.05) is 42.1 Å². The molecule has 8 heteroatoms. The third kappa shape index (κ3) is 5.32. The second kappa shape index (κ2) is 9.22. The van der Waals surface area contributed by atoms with E-state index in [1.54, 1.807) is 11.9 Å². The number of H-pyrrole nitrogens is 1. The molecule has 0 saturated heterocycles.